The van der Waals surface area contributed by atoms with Crippen LogP contribution in [0.5, 0.6) is 0 Å². The molecule has 3 N–H and O–H groups in total. The lowest BCUT2D eigenvalue weighted by Gasteiger charge is -2.31. The van der Waals surface area contributed by atoms with Crippen molar-refractivity contribution in [3.63, 3.8) is 0 Å². The summed E-state index contributed by atoms with van der Waals surface area (Å²) in [7, 11) is 0. The summed E-state index contributed by atoms with van der Waals surface area (Å²) in [6.07, 6.45) is 2.89. The normalized spacial score (nSPS) is 13.8. The number of rotatable bonds is 6. The Kier molecular flexibility index (Phi) is 6.82. The molecule has 1 aliphatic heterocycles. The van der Waals surface area contributed by atoms with Crippen LogP contribution < -0.4 is 11.1 Å². The van der Waals surface area contributed by atoms with Crippen LogP contribution in [0.2, 0.25) is 0 Å². The molecule has 1 saturated heterocycles. The Hall–Kier alpha value is -4.26. The fourth-order valence-corrected chi connectivity index (χ4v) is 4.15. The first kappa shape index (κ1) is 22.9. The molecule has 0 radical (unpaired) electrons. The number of nitrogens with zero attached hydrogens (tertiary/aromatic N) is 2. The van der Waals surface area contributed by atoms with Crippen molar-refractivity contribution in [2.75, 3.05) is 18.4 Å². The van der Waals surface area contributed by atoms with Gasteiger partial charge in [0.15, 0.2) is 0 Å². The summed E-state index contributed by atoms with van der Waals surface area (Å²) in [5.41, 5.74) is 9.19. The molecule has 2 heterocycles. The standard InChI is InChI=1S/C27H26N4O3/c1-2-24(32)31-16-14-18(15-17-31)23-13-12-22(26(28)33)25(30-23)19-8-10-20(11-9-19)27(34)29-21-6-4-3-5-7-21/h2-13,18H,1,14-17H2,(H2,28,33)(H,29,34). The van der Waals surface area contributed by atoms with Crippen LogP contribution in [0.3, 0.4) is 0 Å². The highest BCUT2D eigenvalue weighted by atomic mass is 16.2. The van der Waals surface area contributed by atoms with Crippen molar-refractivity contribution < 1.29 is 14.4 Å². The Balaban J connectivity index is 1.55. The molecule has 1 aliphatic rings. The van der Waals surface area contributed by atoms with E-state index in [1.165, 1.54) is 6.08 Å². The molecule has 1 fully saturated rings. The van der Waals surface area contributed by atoms with Crippen molar-refractivity contribution in [3.05, 3.63) is 96.2 Å². The molecule has 0 atom stereocenters. The molecule has 0 saturated carbocycles. The van der Waals surface area contributed by atoms with Gasteiger partial charge in [0.05, 0.1) is 11.3 Å². The number of hydrogen-bond donors (Lipinski definition) is 2. The fourth-order valence-electron chi connectivity index (χ4n) is 4.15. The van der Waals surface area contributed by atoms with Gasteiger partial charge in [0.2, 0.25) is 5.91 Å². The molecule has 4 rings (SSSR count). The summed E-state index contributed by atoms with van der Waals surface area (Å²) < 4.78 is 0. The number of pyridine rings is 1. The SMILES string of the molecule is C=CC(=O)N1CCC(c2ccc(C(N)=O)c(-c3ccc(C(=O)Nc4ccccc4)cc3)n2)CC1. The Morgan fingerprint density at radius 1 is 0.971 bits per heavy atom. The maximum atomic E-state index is 12.6. The number of anilines is 1. The highest BCUT2D eigenvalue weighted by Crippen LogP contribution is 2.30. The molecule has 7 nitrogen and oxygen atoms in total. The van der Waals surface area contributed by atoms with Crippen molar-refractivity contribution in [1.29, 1.82) is 0 Å². The predicted octanol–water partition coefficient (Wildman–Crippen LogP) is 3.99. The second-order valence-corrected chi connectivity index (χ2v) is 8.20. The second kappa shape index (κ2) is 10.1. The minimum absolute atomic E-state index is 0.0624. The van der Waals surface area contributed by atoms with E-state index in [9.17, 15) is 14.4 Å². The Morgan fingerprint density at radius 2 is 1.65 bits per heavy atom. The van der Waals surface area contributed by atoms with Crippen LogP contribution in [0.25, 0.3) is 11.3 Å². The highest BCUT2D eigenvalue weighted by molar-refractivity contribution is 6.04. The number of carbonyl (C=O) groups excluding carboxylic acids is 3. The zero-order chi connectivity index (χ0) is 24.1. The molecule has 0 bridgehead atoms. The minimum Gasteiger partial charge on any atom is -0.366 e. The van der Waals surface area contributed by atoms with E-state index in [2.05, 4.69) is 11.9 Å². The molecule has 2 aromatic carbocycles. The van der Waals surface area contributed by atoms with Crippen LogP contribution >= 0.6 is 0 Å². The van der Waals surface area contributed by atoms with Gasteiger partial charge in [-0.25, -0.2) is 0 Å². The van der Waals surface area contributed by atoms with E-state index in [0.717, 1.165) is 18.5 Å². The minimum atomic E-state index is -0.564. The van der Waals surface area contributed by atoms with E-state index in [0.29, 0.717) is 41.2 Å². The topological polar surface area (TPSA) is 105 Å². The van der Waals surface area contributed by atoms with Gasteiger partial charge in [-0.2, -0.15) is 0 Å². The zero-order valence-corrected chi connectivity index (χ0v) is 18.7. The lowest BCUT2D eigenvalue weighted by atomic mass is 9.91. The van der Waals surface area contributed by atoms with Crippen LogP contribution in [0, 0.1) is 0 Å². The predicted molar refractivity (Wildman–Crippen MR) is 131 cm³/mol. The van der Waals surface area contributed by atoms with Gasteiger partial charge in [-0.05, 0) is 55.3 Å². The summed E-state index contributed by atoms with van der Waals surface area (Å²) in [4.78, 5) is 43.1. The van der Waals surface area contributed by atoms with Gasteiger partial charge in [0, 0.05) is 41.5 Å². The number of likely N-dealkylation sites (tertiary alicyclic amines) is 1. The fraction of sp³-hybridized carbons (Fsp3) is 0.185. The van der Waals surface area contributed by atoms with E-state index in [1.807, 2.05) is 36.4 Å². The number of nitrogens with one attached hydrogen (secondary N) is 1. The molecular weight excluding hydrogens is 428 g/mol. The molecule has 1 aromatic heterocycles. The number of hydrogen-bond acceptors (Lipinski definition) is 4. The third-order valence-electron chi connectivity index (χ3n) is 6.03. The molecule has 3 amide bonds. The number of carbonyl (C=O) groups is 3. The van der Waals surface area contributed by atoms with E-state index in [1.54, 1.807) is 35.2 Å². The van der Waals surface area contributed by atoms with Crippen molar-refractivity contribution in [3.8, 4) is 11.3 Å². The summed E-state index contributed by atoms with van der Waals surface area (Å²) in [6, 6.07) is 19.7. The molecule has 7 heteroatoms. The summed E-state index contributed by atoms with van der Waals surface area (Å²) in [5, 5.41) is 2.85. The van der Waals surface area contributed by atoms with Crippen molar-refractivity contribution in [2.24, 2.45) is 5.73 Å². The number of primary amides is 1. The quantitative estimate of drug-likeness (QED) is 0.549. The van der Waals surface area contributed by atoms with E-state index in [-0.39, 0.29) is 17.7 Å². The number of amides is 3. The zero-order valence-electron chi connectivity index (χ0n) is 18.7. The van der Waals surface area contributed by atoms with E-state index >= 15 is 0 Å². The monoisotopic (exact) mass is 454 g/mol. The van der Waals surface area contributed by atoms with Gasteiger partial charge in [-0.3, -0.25) is 19.4 Å². The number of aromatic nitrogens is 1. The van der Waals surface area contributed by atoms with Gasteiger partial charge in [0.1, 0.15) is 0 Å². The maximum absolute atomic E-state index is 12.6. The number of benzene rings is 2. The van der Waals surface area contributed by atoms with Crippen LogP contribution in [0.15, 0.2) is 79.4 Å². The first-order valence-electron chi connectivity index (χ1n) is 11.1. The number of para-hydroxylation sites is 1. The smallest absolute Gasteiger partial charge is 0.255 e. The van der Waals surface area contributed by atoms with Crippen LogP contribution in [-0.4, -0.2) is 40.7 Å². The van der Waals surface area contributed by atoms with E-state index in [4.69, 9.17) is 10.7 Å². The average molecular weight is 455 g/mol. The Labute approximate surface area is 198 Å². The van der Waals surface area contributed by atoms with Gasteiger partial charge in [-0.1, -0.05) is 36.9 Å². The summed E-state index contributed by atoms with van der Waals surface area (Å²) in [5.74, 6) is -0.681. The lowest BCUT2D eigenvalue weighted by molar-refractivity contribution is -0.127. The van der Waals surface area contributed by atoms with Gasteiger partial charge in [-0.15, -0.1) is 0 Å². The largest absolute Gasteiger partial charge is 0.366 e. The van der Waals surface area contributed by atoms with E-state index < -0.39 is 5.91 Å². The second-order valence-electron chi connectivity index (χ2n) is 8.20. The number of nitrogens with two attached hydrogens (primary N) is 1. The van der Waals surface area contributed by atoms with Gasteiger partial charge < -0.3 is 16.0 Å². The number of piperidine rings is 1. The Bertz CT molecular complexity index is 1210. The molecule has 0 aliphatic carbocycles. The molecule has 172 valence electrons. The van der Waals surface area contributed by atoms with Crippen LogP contribution in [0.1, 0.15) is 45.2 Å². The molecule has 34 heavy (non-hydrogen) atoms. The molecule has 3 aromatic rings. The third kappa shape index (κ3) is 5.04. The van der Waals surface area contributed by atoms with Crippen molar-refractivity contribution in [1.82, 2.24) is 9.88 Å². The van der Waals surface area contributed by atoms with Crippen LogP contribution in [-0.2, 0) is 4.79 Å². The highest BCUT2D eigenvalue weighted by Gasteiger charge is 2.25. The summed E-state index contributed by atoms with van der Waals surface area (Å²) in [6.45, 7) is 4.82. The summed E-state index contributed by atoms with van der Waals surface area (Å²) >= 11 is 0. The Morgan fingerprint density at radius 3 is 2.26 bits per heavy atom. The third-order valence-corrected chi connectivity index (χ3v) is 6.03. The molecule has 0 unspecified atom stereocenters. The van der Waals surface area contributed by atoms with Crippen LogP contribution in [0.4, 0.5) is 5.69 Å². The molecule has 0 spiro atoms. The molecular formula is C27H26N4O3. The average Bonchev–Trinajstić information content (AvgIpc) is 2.88. The van der Waals surface area contributed by atoms with Crippen molar-refractivity contribution in [2.45, 2.75) is 18.8 Å². The first-order valence-corrected chi connectivity index (χ1v) is 11.1. The van der Waals surface area contributed by atoms with Gasteiger partial charge >= 0.3 is 0 Å². The van der Waals surface area contributed by atoms with Crippen molar-refractivity contribution >= 4 is 23.4 Å². The maximum Gasteiger partial charge on any atom is 0.255 e. The lowest BCUT2D eigenvalue weighted by Crippen LogP contribution is -2.37. The van der Waals surface area contributed by atoms with Gasteiger partial charge in [0.25, 0.3) is 11.8 Å². The first-order chi connectivity index (χ1) is 16.5.